The molecule has 0 aliphatic carbocycles. The van der Waals surface area contributed by atoms with Crippen LogP contribution in [0, 0.1) is 0 Å². The summed E-state index contributed by atoms with van der Waals surface area (Å²) in [6, 6.07) is 15.6. The summed E-state index contributed by atoms with van der Waals surface area (Å²) >= 11 is 6.67. The predicted octanol–water partition coefficient (Wildman–Crippen LogP) is 3.81. The number of benzene rings is 2. The highest BCUT2D eigenvalue weighted by atomic mass is 35.5. The fraction of sp³-hybridized carbons (Fsp3) is 0.433. The van der Waals surface area contributed by atoms with Crippen molar-refractivity contribution in [1.82, 2.24) is 25.0 Å². The van der Waals surface area contributed by atoms with Crippen molar-refractivity contribution >= 4 is 40.2 Å². The van der Waals surface area contributed by atoms with Crippen molar-refractivity contribution < 1.29 is 14.3 Å². The second kappa shape index (κ2) is 12.4. The molecule has 0 saturated carbocycles. The molecule has 2 aliphatic rings. The van der Waals surface area contributed by atoms with Gasteiger partial charge in [0.25, 0.3) is 5.91 Å². The number of ether oxygens (including phenoxy) is 1. The number of nitrogens with one attached hydrogen (secondary N) is 1. The molecule has 9 nitrogen and oxygen atoms in total. The number of anilines is 1. The predicted molar refractivity (Wildman–Crippen MR) is 159 cm³/mol. The van der Waals surface area contributed by atoms with Gasteiger partial charge in [0.1, 0.15) is 6.61 Å². The van der Waals surface area contributed by atoms with E-state index >= 15 is 0 Å². The van der Waals surface area contributed by atoms with Gasteiger partial charge in [-0.2, -0.15) is 0 Å². The molecule has 0 radical (unpaired) electrons. The number of hydrogen-bond donors (Lipinski definition) is 1. The Balaban J connectivity index is 1.30. The van der Waals surface area contributed by atoms with Crippen LogP contribution in [0.4, 0.5) is 10.5 Å². The fourth-order valence-electron chi connectivity index (χ4n) is 5.29. The van der Waals surface area contributed by atoms with Gasteiger partial charge in [-0.05, 0) is 51.4 Å². The van der Waals surface area contributed by atoms with Gasteiger partial charge >= 0.3 is 6.09 Å². The van der Waals surface area contributed by atoms with Crippen LogP contribution >= 0.6 is 11.6 Å². The molecule has 1 aromatic heterocycles. The summed E-state index contributed by atoms with van der Waals surface area (Å²) in [7, 11) is 3.96. The Bertz CT molecular complexity index is 1360. The second-order valence-electron chi connectivity index (χ2n) is 10.6. The maximum Gasteiger partial charge on any atom is 0.410 e. The number of hydrogen-bond acceptors (Lipinski definition) is 7. The van der Waals surface area contributed by atoms with Gasteiger partial charge in [-0.3, -0.25) is 4.79 Å². The van der Waals surface area contributed by atoms with Crippen LogP contribution in [-0.4, -0.2) is 111 Å². The molecule has 2 amide bonds. The molecule has 2 saturated heterocycles. The topological polar surface area (TPSA) is 81.2 Å². The fourth-order valence-corrected chi connectivity index (χ4v) is 5.56. The molecule has 3 aromatic rings. The van der Waals surface area contributed by atoms with E-state index in [1.54, 1.807) is 15.9 Å². The van der Waals surface area contributed by atoms with Crippen molar-refractivity contribution in [2.75, 3.05) is 78.0 Å². The number of fused-ring (bicyclic) bond motifs is 1. The van der Waals surface area contributed by atoms with Crippen molar-refractivity contribution in [1.29, 1.82) is 0 Å². The van der Waals surface area contributed by atoms with Crippen LogP contribution in [0.5, 0.6) is 0 Å². The van der Waals surface area contributed by atoms with E-state index in [-0.39, 0.29) is 18.0 Å². The molecule has 2 aliphatic heterocycles. The minimum atomic E-state index is -0.344. The molecule has 0 spiro atoms. The van der Waals surface area contributed by atoms with Gasteiger partial charge in [0.2, 0.25) is 0 Å². The summed E-state index contributed by atoms with van der Waals surface area (Å²) in [6.07, 6.45) is -0.344. The van der Waals surface area contributed by atoms with Gasteiger partial charge in [-0.1, -0.05) is 29.8 Å². The minimum Gasteiger partial charge on any atom is -0.448 e. The molecule has 1 N–H and O–H groups in total. The zero-order valence-electron chi connectivity index (χ0n) is 23.4. The maximum atomic E-state index is 13.4. The lowest BCUT2D eigenvalue weighted by atomic mass is 10.1. The second-order valence-corrected chi connectivity index (χ2v) is 11.0. The van der Waals surface area contributed by atoms with Crippen molar-refractivity contribution in [2.24, 2.45) is 0 Å². The lowest BCUT2D eigenvalue weighted by Gasteiger charge is -2.39. The highest BCUT2D eigenvalue weighted by Gasteiger charge is 2.31. The van der Waals surface area contributed by atoms with Crippen LogP contribution in [0.2, 0.25) is 5.02 Å². The average Bonchev–Trinajstić information content (AvgIpc) is 2.97. The number of aromatic nitrogens is 1. The van der Waals surface area contributed by atoms with E-state index in [1.807, 2.05) is 32.2 Å². The molecule has 1 atom stereocenters. The van der Waals surface area contributed by atoms with Crippen LogP contribution in [0.3, 0.4) is 0 Å². The highest BCUT2D eigenvalue weighted by molar-refractivity contribution is 6.35. The first-order chi connectivity index (χ1) is 19.3. The Morgan fingerprint density at radius 3 is 2.48 bits per heavy atom. The number of piperazine rings is 2. The zero-order valence-corrected chi connectivity index (χ0v) is 24.2. The normalized spacial score (nSPS) is 18.3. The number of rotatable bonds is 6. The van der Waals surface area contributed by atoms with E-state index in [2.05, 4.69) is 46.4 Å². The first kappa shape index (κ1) is 28.1. The Kier molecular flexibility index (Phi) is 8.73. The van der Waals surface area contributed by atoms with Crippen LogP contribution < -0.4 is 10.2 Å². The van der Waals surface area contributed by atoms with Crippen molar-refractivity contribution in [2.45, 2.75) is 13.0 Å². The molecule has 10 heteroatoms. The highest BCUT2D eigenvalue weighted by Crippen LogP contribution is 2.30. The van der Waals surface area contributed by atoms with Crippen LogP contribution in [0.25, 0.3) is 22.2 Å². The molecule has 2 fully saturated rings. The largest absolute Gasteiger partial charge is 0.448 e. The molecular formula is C30H37ClN6O3. The van der Waals surface area contributed by atoms with E-state index in [0.717, 1.165) is 42.8 Å². The SMILES string of the molecule is CNCCOC(=O)N1CCN(C(=O)c2ccc3c(Cl)cc(-c4ccc(N5CCN(C)CC5)cc4)nc3c2)C[C@H]1C. The third kappa shape index (κ3) is 6.16. The number of amides is 2. The summed E-state index contributed by atoms with van der Waals surface area (Å²) < 4.78 is 5.32. The zero-order chi connectivity index (χ0) is 28.2. The number of carbonyl (C=O) groups excluding carboxylic acids is 2. The molecule has 5 rings (SSSR count). The van der Waals surface area contributed by atoms with Gasteiger partial charge in [-0.15, -0.1) is 0 Å². The summed E-state index contributed by atoms with van der Waals surface area (Å²) in [5, 5.41) is 4.36. The molecule has 212 valence electrons. The number of carbonyl (C=O) groups is 2. The lowest BCUT2D eigenvalue weighted by molar-refractivity contribution is 0.0416. The molecule has 2 aromatic carbocycles. The minimum absolute atomic E-state index is 0.0863. The van der Waals surface area contributed by atoms with E-state index in [4.69, 9.17) is 21.3 Å². The quantitative estimate of drug-likeness (QED) is 0.456. The molecule has 40 heavy (non-hydrogen) atoms. The Morgan fingerprint density at radius 2 is 1.77 bits per heavy atom. The number of pyridine rings is 1. The van der Waals surface area contributed by atoms with Gasteiger partial charge in [0, 0.05) is 80.6 Å². The molecule has 0 unspecified atom stereocenters. The van der Waals surface area contributed by atoms with E-state index in [9.17, 15) is 9.59 Å². The first-order valence-electron chi connectivity index (χ1n) is 13.9. The maximum absolute atomic E-state index is 13.4. The van der Waals surface area contributed by atoms with Crippen molar-refractivity contribution in [3.05, 3.63) is 59.1 Å². The smallest absolute Gasteiger partial charge is 0.410 e. The monoisotopic (exact) mass is 564 g/mol. The summed E-state index contributed by atoms with van der Waals surface area (Å²) in [6.45, 7) is 8.30. The van der Waals surface area contributed by atoms with Gasteiger partial charge < -0.3 is 29.7 Å². The van der Waals surface area contributed by atoms with E-state index < -0.39 is 0 Å². The third-order valence-corrected chi connectivity index (χ3v) is 8.08. The third-order valence-electron chi connectivity index (χ3n) is 7.76. The van der Waals surface area contributed by atoms with Crippen molar-refractivity contribution in [3.8, 4) is 11.3 Å². The van der Waals surface area contributed by atoms with Gasteiger partial charge in [0.05, 0.1) is 16.2 Å². The van der Waals surface area contributed by atoms with Gasteiger partial charge in [-0.25, -0.2) is 9.78 Å². The average molecular weight is 565 g/mol. The Hall–Kier alpha value is -3.40. The van der Waals surface area contributed by atoms with Crippen LogP contribution in [-0.2, 0) is 4.74 Å². The molecular weight excluding hydrogens is 528 g/mol. The number of halogens is 1. The lowest BCUT2D eigenvalue weighted by Crippen LogP contribution is -2.55. The van der Waals surface area contributed by atoms with E-state index in [1.165, 1.54) is 5.69 Å². The summed E-state index contributed by atoms with van der Waals surface area (Å²) in [5.74, 6) is -0.0863. The summed E-state index contributed by atoms with van der Waals surface area (Å²) in [5.41, 5.74) is 4.18. The van der Waals surface area contributed by atoms with Crippen molar-refractivity contribution in [3.63, 3.8) is 0 Å². The van der Waals surface area contributed by atoms with E-state index in [0.29, 0.717) is 48.9 Å². The summed E-state index contributed by atoms with van der Waals surface area (Å²) in [4.78, 5) is 38.9. The van der Waals surface area contributed by atoms with Gasteiger partial charge in [0.15, 0.2) is 0 Å². The standard InChI is InChI=1S/C30H37ClN6O3/c1-21-20-36(15-16-37(21)30(39)40-17-10-32-2)29(38)23-6-9-25-26(31)19-27(33-28(25)18-23)22-4-7-24(8-5-22)35-13-11-34(3)12-14-35/h4-9,18-19,21,32H,10-17,20H2,1-3H3/t21-/m1/s1. The number of likely N-dealkylation sites (N-methyl/N-ethyl adjacent to an activating group) is 2. The van der Waals surface area contributed by atoms with Crippen LogP contribution in [0.15, 0.2) is 48.5 Å². The number of nitrogens with zero attached hydrogens (tertiary/aromatic N) is 5. The first-order valence-corrected chi connectivity index (χ1v) is 14.2. The molecule has 3 heterocycles. The Labute approximate surface area is 240 Å². The molecule has 0 bridgehead atoms. The van der Waals surface area contributed by atoms with Crippen LogP contribution in [0.1, 0.15) is 17.3 Å². The Morgan fingerprint density at radius 1 is 1.02 bits per heavy atom.